The molecule has 0 amide bonds. The van der Waals surface area contributed by atoms with E-state index >= 15 is 0 Å². The van der Waals surface area contributed by atoms with E-state index in [0.29, 0.717) is 5.69 Å². The minimum Gasteiger partial charge on any atom is -0.310 e. The molecule has 5 heteroatoms. The standard InChI is InChI=1S/C10H15ClN2O2/c1-4-7(5-2)13-9(14)8(11)6(3)12-10(13)15/h7H,4-5H2,1-3H3,(H,12,15). The van der Waals surface area contributed by atoms with Gasteiger partial charge in [-0.25, -0.2) is 4.79 Å². The lowest BCUT2D eigenvalue weighted by atomic mass is 10.1. The Morgan fingerprint density at radius 1 is 1.33 bits per heavy atom. The molecule has 0 fully saturated rings. The van der Waals surface area contributed by atoms with Gasteiger partial charge in [-0.2, -0.15) is 0 Å². The van der Waals surface area contributed by atoms with Crippen LogP contribution >= 0.6 is 11.6 Å². The van der Waals surface area contributed by atoms with Crippen LogP contribution in [-0.4, -0.2) is 9.55 Å². The van der Waals surface area contributed by atoms with Crippen molar-refractivity contribution in [2.24, 2.45) is 0 Å². The van der Waals surface area contributed by atoms with Crippen LogP contribution in [0.2, 0.25) is 5.02 Å². The highest BCUT2D eigenvalue weighted by molar-refractivity contribution is 6.30. The molecule has 0 saturated carbocycles. The first-order valence-corrected chi connectivity index (χ1v) is 5.41. The average molecular weight is 231 g/mol. The van der Waals surface area contributed by atoms with Gasteiger partial charge in [0, 0.05) is 11.7 Å². The summed E-state index contributed by atoms with van der Waals surface area (Å²) in [4.78, 5) is 26.0. The summed E-state index contributed by atoms with van der Waals surface area (Å²) in [6, 6.07) is -0.0839. The van der Waals surface area contributed by atoms with Gasteiger partial charge in [0.2, 0.25) is 0 Å². The predicted molar refractivity (Wildman–Crippen MR) is 60.7 cm³/mol. The molecule has 0 aromatic carbocycles. The Morgan fingerprint density at radius 3 is 2.33 bits per heavy atom. The quantitative estimate of drug-likeness (QED) is 0.862. The molecule has 4 nitrogen and oxygen atoms in total. The monoisotopic (exact) mass is 230 g/mol. The molecule has 84 valence electrons. The maximum atomic E-state index is 11.8. The summed E-state index contributed by atoms with van der Waals surface area (Å²) in [5.41, 5.74) is -0.351. The van der Waals surface area contributed by atoms with Crippen LogP contribution in [0, 0.1) is 6.92 Å². The van der Waals surface area contributed by atoms with Crippen molar-refractivity contribution in [3.05, 3.63) is 31.6 Å². The highest BCUT2D eigenvalue weighted by Crippen LogP contribution is 2.12. The van der Waals surface area contributed by atoms with Gasteiger partial charge in [-0.05, 0) is 19.8 Å². The number of nitrogens with zero attached hydrogens (tertiary/aromatic N) is 1. The zero-order chi connectivity index (χ0) is 11.6. The van der Waals surface area contributed by atoms with Gasteiger partial charge in [0.25, 0.3) is 5.56 Å². The predicted octanol–water partition coefficient (Wildman–Crippen LogP) is 1.86. The molecule has 0 atom stereocenters. The van der Waals surface area contributed by atoms with Crippen molar-refractivity contribution < 1.29 is 0 Å². The van der Waals surface area contributed by atoms with Crippen LogP contribution in [0.5, 0.6) is 0 Å². The largest absolute Gasteiger partial charge is 0.328 e. The third-order valence-electron chi connectivity index (χ3n) is 2.56. The molecule has 0 aliphatic rings. The topological polar surface area (TPSA) is 54.9 Å². The van der Waals surface area contributed by atoms with Crippen LogP contribution in [0.25, 0.3) is 0 Å². The molecule has 1 aromatic rings. The van der Waals surface area contributed by atoms with Crippen LogP contribution in [0.4, 0.5) is 0 Å². The van der Waals surface area contributed by atoms with Crippen LogP contribution in [0.3, 0.4) is 0 Å². The second kappa shape index (κ2) is 4.66. The Balaban J connectivity index is 3.49. The Morgan fingerprint density at radius 2 is 1.87 bits per heavy atom. The van der Waals surface area contributed by atoms with Crippen molar-refractivity contribution >= 4 is 11.6 Å². The fraction of sp³-hybridized carbons (Fsp3) is 0.600. The molecule has 1 N–H and O–H groups in total. The number of hydrogen-bond donors (Lipinski definition) is 1. The third kappa shape index (κ3) is 2.15. The SMILES string of the molecule is CCC(CC)n1c(=O)[nH]c(C)c(Cl)c1=O. The van der Waals surface area contributed by atoms with Crippen LogP contribution in [0.15, 0.2) is 9.59 Å². The smallest absolute Gasteiger partial charge is 0.310 e. The zero-order valence-corrected chi connectivity index (χ0v) is 9.89. The first-order valence-electron chi connectivity index (χ1n) is 5.03. The second-order valence-electron chi connectivity index (χ2n) is 3.51. The Labute approximate surface area is 92.9 Å². The summed E-state index contributed by atoms with van der Waals surface area (Å²) < 4.78 is 1.20. The van der Waals surface area contributed by atoms with Crippen LogP contribution < -0.4 is 11.2 Å². The number of rotatable bonds is 3. The van der Waals surface area contributed by atoms with Gasteiger partial charge >= 0.3 is 5.69 Å². The van der Waals surface area contributed by atoms with Crippen molar-refractivity contribution in [1.29, 1.82) is 0 Å². The molecule has 1 heterocycles. The summed E-state index contributed by atoms with van der Waals surface area (Å²) in [5.74, 6) is 0. The number of hydrogen-bond acceptors (Lipinski definition) is 2. The summed E-state index contributed by atoms with van der Waals surface area (Å²) in [7, 11) is 0. The van der Waals surface area contributed by atoms with Gasteiger partial charge in [-0.15, -0.1) is 0 Å². The van der Waals surface area contributed by atoms with Crippen molar-refractivity contribution in [3.63, 3.8) is 0 Å². The number of aromatic amines is 1. The Kier molecular flexibility index (Phi) is 3.74. The van der Waals surface area contributed by atoms with Gasteiger partial charge in [0.15, 0.2) is 0 Å². The van der Waals surface area contributed by atoms with Crippen molar-refractivity contribution in [2.75, 3.05) is 0 Å². The van der Waals surface area contributed by atoms with Gasteiger partial charge in [-0.1, -0.05) is 25.4 Å². The molecule has 1 rings (SSSR count). The molecule has 0 aliphatic heterocycles. The van der Waals surface area contributed by atoms with E-state index in [0.717, 1.165) is 12.8 Å². The molecule has 0 bridgehead atoms. The minimum atomic E-state index is -0.397. The summed E-state index contributed by atoms with van der Waals surface area (Å²) >= 11 is 5.81. The molecule has 1 aromatic heterocycles. The van der Waals surface area contributed by atoms with Gasteiger partial charge in [0.05, 0.1) is 0 Å². The highest BCUT2D eigenvalue weighted by Gasteiger charge is 2.15. The molecule has 0 radical (unpaired) electrons. The first kappa shape index (κ1) is 12.0. The molecule has 0 saturated heterocycles. The van der Waals surface area contributed by atoms with Crippen molar-refractivity contribution in [2.45, 2.75) is 39.7 Å². The van der Waals surface area contributed by atoms with E-state index in [9.17, 15) is 9.59 Å². The average Bonchev–Trinajstić information content (AvgIpc) is 2.21. The van der Waals surface area contributed by atoms with E-state index in [1.807, 2.05) is 13.8 Å². The molecule has 0 spiro atoms. The van der Waals surface area contributed by atoms with Crippen LogP contribution in [-0.2, 0) is 0 Å². The van der Waals surface area contributed by atoms with E-state index in [2.05, 4.69) is 4.98 Å². The first-order chi connectivity index (χ1) is 7.02. The van der Waals surface area contributed by atoms with E-state index in [1.54, 1.807) is 6.92 Å². The molecule has 0 aliphatic carbocycles. The fourth-order valence-corrected chi connectivity index (χ4v) is 1.76. The Bertz CT molecular complexity index is 457. The fourth-order valence-electron chi connectivity index (χ4n) is 1.62. The van der Waals surface area contributed by atoms with E-state index < -0.39 is 5.56 Å². The molecular weight excluding hydrogens is 216 g/mol. The van der Waals surface area contributed by atoms with E-state index in [-0.39, 0.29) is 16.8 Å². The number of nitrogens with one attached hydrogen (secondary N) is 1. The minimum absolute atomic E-state index is 0.0839. The molecular formula is C10H15ClN2O2. The number of aryl methyl sites for hydroxylation is 1. The van der Waals surface area contributed by atoms with E-state index in [1.165, 1.54) is 4.57 Å². The lowest BCUT2D eigenvalue weighted by Crippen LogP contribution is -2.38. The summed E-state index contributed by atoms with van der Waals surface area (Å²) in [5, 5.41) is 0.0986. The maximum absolute atomic E-state index is 11.8. The van der Waals surface area contributed by atoms with E-state index in [4.69, 9.17) is 11.6 Å². The Hall–Kier alpha value is -1.03. The summed E-state index contributed by atoms with van der Waals surface area (Å²) in [6.07, 6.45) is 1.47. The number of aromatic nitrogens is 2. The highest BCUT2D eigenvalue weighted by atomic mass is 35.5. The van der Waals surface area contributed by atoms with Crippen molar-refractivity contribution in [3.8, 4) is 0 Å². The van der Waals surface area contributed by atoms with Gasteiger partial charge in [0.1, 0.15) is 5.02 Å². The number of H-pyrrole nitrogens is 1. The number of halogens is 1. The third-order valence-corrected chi connectivity index (χ3v) is 3.00. The summed E-state index contributed by atoms with van der Waals surface area (Å²) in [6.45, 7) is 5.49. The van der Waals surface area contributed by atoms with Crippen LogP contribution in [0.1, 0.15) is 38.4 Å². The van der Waals surface area contributed by atoms with Crippen molar-refractivity contribution in [1.82, 2.24) is 9.55 Å². The second-order valence-corrected chi connectivity index (χ2v) is 3.89. The lowest BCUT2D eigenvalue weighted by Gasteiger charge is -2.15. The molecule has 0 unspecified atom stereocenters. The lowest BCUT2D eigenvalue weighted by molar-refractivity contribution is 0.438. The molecule has 15 heavy (non-hydrogen) atoms. The van der Waals surface area contributed by atoms with Gasteiger partial charge < -0.3 is 4.98 Å². The maximum Gasteiger partial charge on any atom is 0.328 e. The normalized spacial score (nSPS) is 11.0. The van der Waals surface area contributed by atoms with Gasteiger partial charge in [-0.3, -0.25) is 9.36 Å². The zero-order valence-electron chi connectivity index (χ0n) is 9.13.